The molecule has 2 rings (SSSR count). The zero-order valence-corrected chi connectivity index (χ0v) is 17.3. The summed E-state index contributed by atoms with van der Waals surface area (Å²) in [5.41, 5.74) is 12.3. The molecule has 9 heteroatoms. The maximum absolute atomic E-state index is 10.8. The van der Waals surface area contributed by atoms with Crippen molar-refractivity contribution in [2.45, 2.75) is 31.7 Å². The minimum atomic E-state index is -0.933. The fraction of sp³-hybridized carbons (Fsp3) is 0.300. The number of rotatable bonds is 9. The summed E-state index contributed by atoms with van der Waals surface area (Å²) in [5, 5.41) is 21.3. The Hall–Kier alpha value is -2.32. The van der Waals surface area contributed by atoms with Crippen LogP contribution in [0.15, 0.2) is 42.5 Å². The number of nitrogens with one attached hydrogen (secondary N) is 1. The van der Waals surface area contributed by atoms with E-state index in [1.165, 1.54) is 0 Å². The van der Waals surface area contributed by atoms with Crippen molar-refractivity contribution in [3.8, 4) is 0 Å². The van der Waals surface area contributed by atoms with E-state index in [1.54, 1.807) is 36.4 Å². The van der Waals surface area contributed by atoms with Crippen molar-refractivity contribution in [2.24, 2.45) is 11.5 Å². The topological polar surface area (TPSA) is 139 Å². The number of para-hydroxylation sites is 2. The van der Waals surface area contributed by atoms with Gasteiger partial charge in [-0.15, -0.1) is 0 Å². The highest BCUT2D eigenvalue weighted by Gasteiger charge is 2.10. The van der Waals surface area contributed by atoms with Crippen LogP contribution in [0.25, 0.3) is 0 Å². The molecule has 1 unspecified atom stereocenters. The van der Waals surface area contributed by atoms with Gasteiger partial charge in [-0.1, -0.05) is 53.9 Å². The summed E-state index contributed by atoms with van der Waals surface area (Å²) < 4.78 is 0. The van der Waals surface area contributed by atoms with Crippen molar-refractivity contribution in [1.29, 1.82) is 0 Å². The molecule has 29 heavy (non-hydrogen) atoms. The van der Waals surface area contributed by atoms with Crippen molar-refractivity contribution in [3.63, 3.8) is 0 Å². The molecule has 0 radical (unpaired) electrons. The average molecular weight is 442 g/mol. The highest BCUT2D eigenvalue weighted by atomic mass is 35.5. The number of nitrogens with two attached hydrogens (primary N) is 2. The summed E-state index contributed by atoms with van der Waals surface area (Å²) >= 11 is 12.1. The van der Waals surface area contributed by atoms with Crippen molar-refractivity contribution in [1.82, 2.24) is 0 Å². The quantitative estimate of drug-likeness (QED) is 0.371. The third-order valence-electron chi connectivity index (χ3n) is 3.87. The third kappa shape index (κ3) is 9.15. The van der Waals surface area contributed by atoms with Gasteiger partial charge in [-0.05, 0) is 43.1 Å². The lowest BCUT2D eigenvalue weighted by molar-refractivity contribution is -0.139. The average Bonchev–Trinajstić information content (AvgIpc) is 2.66. The molecule has 0 aliphatic heterocycles. The molecule has 7 nitrogen and oxygen atoms in total. The lowest BCUT2D eigenvalue weighted by Gasteiger charge is -2.13. The Morgan fingerprint density at radius 2 is 1.62 bits per heavy atom. The first-order chi connectivity index (χ1) is 13.8. The fourth-order valence-electron chi connectivity index (χ4n) is 2.34. The predicted molar refractivity (Wildman–Crippen MR) is 116 cm³/mol. The minimum Gasteiger partial charge on any atom is -0.481 e. The van der Waals surface area contributed by atoms with Crippen LogP contribution in [0, 0.1) is 0 Å². The summed E-state index contributed by atoms with van der Waals surface area (Å²) in [6, 6.07) is 11.6. The van der Waals surface area contributed by atoms with Crippen molar-refractivity contribution in [3.05, 3.63) is 58.1 Å². The van der Waals surface area contributed by atoms with Crippen LogP contribution in [0.1, 0.15) is 24.8 Å². The van der Waals surface area contributed by atoms with E-state index in [0.717, 1.165) is 12.8 Å². The second-order valence-corrected chi connectivity index (χ2v) is 6.99. The van der Waals surface area contributed by atoms with Crippen LogP contribution in [0.5, 0.6) is 0 Å². The van der Waals surface area contributed by atoms with Crippen LogP contribution in [-0.2, 0) is 16.0 Å². The minimum absolute atomic E-state index is 0.0642. The Balaban J connectivity index is 0.000000359. The van der Waals surface area contributed by atoms with Crippen LogP contribution in [0.4, 0.5) is 11.4 Å². The molecule has 7 N–H and O–H groups in total. The smallest absolute Gasteiger partial charge is 0.320 e. The molecule has 0 aliphatic carbocycles. The van der Waals surface area contributed by atoms with E-state index in [0.29, 0.717) is 39.9 Å². The van der Waals surface area contributed by atoms with Crippen LogP contribution in [-0.4, -0.2) is 34.7 Å². The standard InChI is InChI=1S/C14H11Cl2NO2.C6H14N2O2/c15-10-5-3-6-11(16)14(10)17-12-7-2-1-4-9(12)8-13(18)19;7-4-2-1-3-5(8)6(9)10/h1-7,17H,8H2,(H,18,19);5H,1-4,7-8H2,(H,9,10). The number of halogens is 2. The number of hydrogen-bond donors (Lipinski definition) is 5. The largest absolute Gasteiger partial charge is 0.481 e. The van der Waals surface area contributed by atoms with Gasteiger partial charge < -0.3 is 27.0 Å². The van der Waals surface area contributed by atoms with Crippen LogP contribution < -0.4 is 16.8 Å². The van der Waals surface area contributed by atoms with Gasteiger partial charge >= 0.3 is 11.9 Å². The highest BCUT2D eigenvalue weighted by molar-refractivity contribution is 6.39. The molecule has 0 amide bonds. The van der Waals surface area contributed by atoms with Gasteiger partial charge in [0, 0.05) is 5.69 Å². The predicted octanol–water partition coefficient (Wildman–Crippen LogP) is 3.89. The molecule has 2 aromatic carbocycles. The van der Waals surface area contributed by atoms with Crippen LogP contribution >= 0.6 is 23.2 Å². The summed E-state index contributed by atoms with van der Waals surface area (Å²) in [6.07, 6.45) is 2.10. The molecule has 0 aromatic heterocycles. The van der Waals surface area contributed by atoms with Crippen molar-refractivity contribution < 1.29 is 19.8 Å². The monoisotopic (exact) mass is 441 g/mol. The van der Waals surface area contributed by atoms with E-state index in [9.17, 15) is 9.59 Å². The molecule has 0 spiro atoms. The molecule has 0 bridgehead atoms. The lowest BCUT2D eigenvalue weighted by Crippen LogP contribution is -2.29. The Morgan fingerprint density at radius 1 is 1.00 bits per heavy atom. The van der Waals surface area contributed by atoms with Crippen LogP contribution in [0.3, 0.4) is 0 Å². The Bertz CT molecular complexity index is 798. The molecule has 0 heterocycles. The van der Waals surface area contributed by atoms with Gasteiger partial charge in [0.25, 0.3) is 0 Å². The van der Waals surface area contributed by atoms with Gasteiger partial charge in [-0.25, -0.2) is 0 Å². The first-order valence-electron chi connectivity index (χ1n) is 8.95. The number of hydrogen-bond acceptors (Lipinski definition) is 5. The molecular formula is C20H25Cl2N3O4. The maximum atomic E-state index is 10.8. The molecule has 158 valence electrons. The van der Waals surface area contributed by atoms with Gasteiger partial charge in [-0.2, -0.15) is 0 Å². The summed E-state index contributed by atoms with van der Waals surface area (Å²) in [7, 11) is 0. The van der Waals surface area contributed by atoms with Crippen molar-refractivity contribution in [2.75, 3.05) is 11.9 Å². The van der Waals surface area contributed by atoms with Gasteiger partial charge in [-0.3, -0.25) is 9.59 Å². The summed E-state index contributed by atoms with van der Waals surface area (Å²) in [6.45, 7) is 0.604. The number of carboxylic acids is 2. The van der Waals surface area contributed by atoms with Gasteiger partial charge in [0.15, 0.2) is 0 Å². The van der Waals surface area contributed by atoms with Crippen molar-refractivity contribution >= 4 is 46.5 Å². The number of carboxylic acid groups (broad SMARTS) is 2. The normalized spacial score (nSPS) is 11.2. The summed E-state index contributed by atoms with van der Waals surface area (Å²) in [4.78, 5) is 21.0. The first kappa shape index (κ1) is 24.7. The Kier molecular flexibility index (Phi) is 11.1. The molecule has 0 fully saturated rings. The molecule has 0 aliphatic rings. The zero-order chi connectivity index (χ0) is 21.8. The van der Waals surface area contributed by atoms with Gasteiger partial charge in [0.05, 0.1) is 22.2 Å². The lowest BCUT2D eigenvalue weighted by atomic mass is 10.1. The Labute approximate surface area is 179 Å². The van der Waals surface area contributed by atoms with E-state index in [1.807, 2.05) is 6.07 Å². The number of carbonyl (C=O) groups is 2. The first-order valence-corrected chi connectivity index (χ1v) is 9.71. The van der Waals surface area contributed by atoms with E-state index in [-0.39, 0.29) is 6.42 Å². The van der Waals surface area contributed by atoms with E-state index < -0.39 is 18.0 Å². The molecule has 2 aromatic rings. The van der Waals surface area contributed by atoms with Gasteiger partial charge in [0.2, 0.25) is 0 Å². The van der Waals surface area contributed by atoms with E-state index in [2.05, 4.69) is 5.32 Å². The zero-order valence-electron chi connectivity index (χ0n) is 15.8. The number of anilines is 2. The van der Waals surface area contributed by atoms with Crippen LogP contribution in [0.2, 0.25) is 10.0 Å². The number of unbranched alkanes of at least 4 members (excludes halogenated alkanes) is 1. The SMILES string of the molecule is NCCCCC(N)C(=O)O.O=C(O)Cc1ccccc1Nc1c(Cl)cccc1Cl. The molecular weight excluding hydrogens is 417 g/mol. The molecule has 1 atom stereocenters. The summed E-state index contributed by atoms with van der Waals surface area (Å²) in [5.74, 6) is -1.82. The highest BCUT2D eigenvalue weighted by Crippen LogP contribution is 2.33. The second-order valence-electron chi connectivity index (χ2n) is 6.18. The fourth-order valence-corrected chi connectivity index (χ4v) is 2.84. The molecule has 0 saturated carbocycles. The molecule has 0 saturated heterocycles. The Morgan fingerprint density at radius 3 is 2.17 bits per heavy atom. The van der Waals surface area contributed by atoms with Gasteiger partial charge in [0.1, 0.15) is 6.04 Å². The number of aliphatic carboxylic acids is 2. The second kappa shape index (κ2) is 13.0. The third-order valence-corrected chi connectivity index (χ3v) is 4.50. The maximum Gasteiger partial charge on any atom is 0.320 e. The van der Waals surface area contributed by atoms with E-state index in [4.69, 9.17) is 44.9 Å². The number of benzene rings is 2. The van der Waals surface area contributed by atoms with E-state index >= 15 is 0 Å².